The molecule has 0 unspecified atom stereocenters. The molecule has 4 rings (SSSR count). The SMILES string of the molecule is Cc1oc(-c2ccccc2)nc1CC(=O)N(C)Cc1ccc(-c2ccccc2)cc1. The number of aromatic nitrogens is 1. The summed E-state index contributed by atoms with van der Waals surface area (Å²) in [6.07, 6.45) is 0.223. The Kier molecular flexibility index (Phi) is 5.75. The van der Waals surface area contributed by atoms with Crippen molar-refractivity contribution < 1.29 is 9.21 Å². The van der Waals surface area contributed by atoms with E-state index in [0.717, 1.165) is 11.1 Å². The molecule has 30 heavy (non-hydrogen) atoms. The van der Waals surface area contributed by atoms with Crippen LogP contribution in [-0.4, -0.2) is 22.8 Å². The van der Waals surface area contributed by atoms with Crippen LogP contribution in [0.3, 0.4) is 0 Å². The normalized spacial score (nSPS) is 10.7. The predicted octanol–water partition coefficient (Wildman–Crippen LogP) is 5.52. The van der Waals surface area contributed by atoms with Crippen LogP contribution in [-0.2, 0) is 17.8 Å². The van der Waals surface area contributed by atoms with E-state index in [1.165, 1.54) is 11.1 Å². The second-order valence-electron chi connectivity index (χ2n) is 7.38. The van der Waals surface area contributed by atoms with Gasteiger partial charge in [-0.15, -0.1) is 0 Å². The van der Waals surface area contributed by atoms with Crippen molar-refractivity contribution in [2.24, 2.45) is 0 Å². The maximum Gasteiger partial charge on any atom is 0.228 e. The molecule has 4 heteroatoms. The third-order valence-corrected chi connectivity index (χ3v) is 5.14. The van der Waals surface area contributed by atoms with E-state index in [9.17, 15) is 4.79 Å². The van der Waals surface area contributed by atoms with E-state index < -0.39 is 0 Å². The first-order valence-corrected chi connectivity index (χ1v) is 10.0. The van der Waals surface area contributed by atoms with E-state index >= 15 is 0 Å². The minimum atomic E-state index is 0.0122. The number of carbonyl (C=O) groups is 1. The Bertz CT molecular complexity index is 1120. The van der Waals surface area contributed by atoms with Crippen molar-refractivity contribution in [3.8, 4) is 22.6 Å². The average molecular weight is 396 g/mol. The van der Waals surface area contributed by atoms with Crippen LogP contribution in [0.15, 0.2) is 89.3 Å². The summed E-state index contributed by atoms with van der Waals surface area (Å²) >= 11 is 0. The summed E-state index contributed by atoms with van der Waals surface area (Å²) < 4.78 is 5.77. The highest BCUT2D eigenvalue weighted by atomic mass is 16.4. The highest BCUT2D eigenvalue weighted by molar-refractivity contribution is 5.78. The smallest absolute Gasteiger partial charge is 0.228 e. The summed E-state index contributed by atoms with van der Waals surface area (Å²) in [6.45, 7) is 2.40. The van der Waals surface area contributed by atoms with Crippen LogP contribution in [0.5, 0.6) is 0 Å². The molecular formula is C26H24N2O2. The Labute approximate surface area is 176 Å². The van der Waals surface area contributed by atoms with Crippen molar-refractivity contribution in [2.75, 3.05) is 7.05 Å². The Morgan fingerprint density at radius 1 is 0.833 bits per heavy atom. The monoisotopic (exact) mass is 396 g/mol. The van der Waals surface area contributed by atoms with E-state index in [-0.39, 0.29) is 12.3 Å². The number of hydrogen-bond acceptors (Lipinski definition) is 3. The molecule has 0 saturated heterocycles. The van der Waals surface area contributed by atoms with Gasteiger partial charge < -0.3 is 9.32 Å². The van der Waals surface area contributed by atoms with Crippen LogP contribution < -0.4 is 0 Å². The fourth-order valence-corrected chi connectivity index (χ4v) is 3.37. The van der Waals surface area contributed by atoms with Gasteiger partial charge in [-0.3, -0.25) is 4.79 Å². The molecule has 1 amide bonds. The largest absolute Gasteiger partial charge is 0.441 e. The molecule has 0 spiro atoms. The zero-order chi connectivity index (χ0) is 20.9. The van der Waals surface area contributed by atoms with E-state index in [0.29, 0.717) is 23.9 Å². The van der Waals surface area contributed by atoms with Gasteiger partial charge in [0.15, 0.2) is 0 Å². The number of hydrogen-bond donors (Lipinski definition) is 0. The second kappa shape index (κ2) is 8.78. The Morgan fingerprint density at radius 3 is 2.03 bits per heavy atom. The van der Waals surface area contributed by atoms with Crippen molar-refractivity contribution in [3.63, 3.8) is 0 Å². The van der Waals surface area contributed by atoms with Crippen molar-refractivity contribution in [2.45, 2.75) is 19.9 Å². The molecule has 0 aliphatic rings. The molecule has 150 valence electrons. The van der Waals surface area contributed by atoms with Crippen LogP contribution in [0.4, 0.5) is 0 Å². The van der Waals surface area contributed by atoms with Crippen LogP contribution >= 0.6 is 0 Å². The van der Waals surface area contributed by atoms with Gasteiger partial charge in [0.05, 0.1) is 12.1 Å². The molecule has 0 aliphatic heterocycles. The number of carbonyl (C=O) groups excluding carboxylic acids is 1. The molecule has 3 aromatic carbocycles. The fourth-order valence-electron chi connectivity index (χ4n) is 3.37. The number of likely N-dealkylation sites (N-methyl/N-ethyl adjacent to an activating group) is 1. The highest BCUT2D eigenvalue weighted by Crippen LogP contribution is 2.23. The second-order valence-corrected chi connectivity index (χ2v) is 7.38. The van der Waals surface area contributed by atoms with Gasteiger partial charge in [0.1, 0.15) is 5.76 Å². The third kappa shape index (κ3) is 4.49. The van der Waals surface area contributed by atoms with Crippen LogP contribution in [0.2, 0.25) is 0 Å². The van der Waals surface area contributed by atoms with Crippen LogP contribution in [0.25, 0.3) is 22.6 Å². The standard InChI is InChI=1S/C26H24N2O2/c1-19-24(27-26(30-19)23-11-7-4-8-12-23)17-25(29)28(2)18-20-13-15-22(16-14-20)21-9-5-3-6-10-21/h3-16H,17-18H2,1-2H3. The average Bonchev–Trinajstić information content (AvgIpc) is 3.15. The first-order chi connectivity index (χ1) is 14.6. The van der Waals surface area contributed by atoms with Crippen molar-refractivity contribution >= 4 is 5.91 Å². The number of nitrogens with zero attached hydrogens (tertiary/aromatic N) is 2. The molecule has 4 aromatic rings. The molecule has 0 aliphatic carbocycles. The lowest BCUT2D eigenvalue weighted by Gasteiger charge is -2.17. The van der Waals surface area contributed by atoms with Crippen LogP contribution in [0, 0.1) is 6.92 Å². The van der Waals surface area contributed by atoms with Gasteiger partial charge in [-0.1, -0.05) is 72.8 Å². The van der Waals surface area contributed by atoms with Gasteiger partial charge in [-0.05, 0) is 35.7 Å². The van der Waals surface area contributed by atoms with Crippen LogP contribution in [0.1, 0.15) is 17.0 Å². The summed E-state index contributed by atoms with van der Waals surface area (Å²) in [7, 11) is 1.82. The molecule has 1 aromatic heterocycles. The summed E-state index contributed by atoms with van der Waals surface area (Å²) in [6, 6.07) is 28.3. The number of aryl methyl sites for hydroxylation is 1. The lowest BCUT2D eigenvalue weighted by atomic mass is 10.0. The Hall–Kier alpha value is -3.66. The first-order valence-electron chi connectivity index (χ1n) is 10.0. The number of benzene rings is 3. The third-order valence-electron chi connectivity index (χ3n) is 5.14. The van der Waals surface area contributed by atoms with Crippen molar-refractivity contribution in [1.29, 1.82) is 0 Å². The van der Waals surface area contributed by atoms with Gasteiger partial charge in [-0.25, -0.2) is 4.98 Å². The lowest BCUT2D eigenvalue weighted by molar-refractivity contribution is -0.129. The zero-order valence-electron chi connectivity index (χ0n) is 17.2. The molecule has 0 radical (unpaired) electrons. The number of rotatable bonds is 6. The molecule has 0 N–H and O–H groups in total. The molecule has 0 fully saturated rings. The minimum Gasteiger partial charge on any atom is -0.441 e. The van der Waals surface area contributed by atoms with Crippen molar-refractivity contribution in [3.05, 3.63) is 102 Å². The molecule has 0 atom stereocenters. The first kappa shape index (κ1) is 19.6. The summed E-state index contributed by atoms with van der Waals surface area (Å²) in [5.41, 5.74) is 5.04. The Morgan fingerprint density at radius 2 is 1.40 bits per heavy atom. The zero-order valence-corrected chi connectivity index (χ0v) is 17.2. The molecule has 4 nitrogen and oxygen atoms in total. The van der Waals surface area contributed by atoms with E-state index in [1.54, 1.807) is 4.90 Å². The molecule has 0 saturated carbocycles. The van der Waals surface area contributed by atoms with E-state index in [2.05, 4.69) is 41.4 Å². The maximum absolute atomic E-state index is 12.7. The molecule has 1 heterocycles. The quantitative estimate of drug-likeness (QED) is 0.431. The van der Waals surface area contributed by atoms with Gasteiger partial charge in [0.25, 0.3) is 0 Å². The van der Waals surface area contributed by atoms with E-state index in [4.69, 9.17) is 4.42 Å². The minimum absolute atomic E-state index is 0.0122. The van der Waals surface area contributed by atoms with Crippen molar-refractivity contribution in [1.82, 2.24) is 9.88 Å². The summed E-state index contributed by atoms with van der Waals surface area (Å²) in [4.78, 5) is 19.0. The van der Waals surface area contributed by atoms with Gasteiger partial charge >= 0.3 is 0 Å². The number of oxazole rings is 1. The summed E-state index contributed by atoms with van der Waals surface area (Å²) in [5, 5.41) is 0. The molecule has 0 bridgehead atoms. The predicted molar refractivity (Wildman–Crippen MR) is 119 cm³/mol. The van der Waals surface area contributed by atoms with Gasteiger partial charge in [0.2, 0.25) is 11.8 Å². The summed E-state index contributed by atoms with van der Waals surface area (Å²) in [5.74, 6) is 1.25. The van der Waals surface area contributed by atoms with Gasteiger partial charge in [-0.2, -0.15) is 0 Å². The lowest BCUT2D eigenvalue weighted by Crippen LogP contribution is -2.28. The Balaban J connectivity index is 1.40. The topological polar surface area (TPSA) is 46.3 Å². The highest BCUT2D eigenvalue weighted by Gasteiger charge is 2.17. The fraction of sp³-hybridized carbons (Fsp3) is 0.154. The number of amides is 1. The van der Waals surface area contributed by atoms with E-state index in [1.807, 2.05) is 62.5 Å². The van der Waals surface area contributed by atoms with Gasteiger partial charge in [0, 0.05) is 19.2 Å². The molecular weight excluding hydrogens is 372 g/mol. The maximum atomic E-state index is 12.7.